The van der Waals surface area contributed by atoms with Gasteiger partial charge in [-0.15, -0.1) is 12.3 Å². The first-order chi connectivity index (χ1) is 6.34. The summed E-state index contributed by atoms with van der Waals surface area (Å²) in [5, 5.41) is 2.93. The Labute approximate surface area is 80.1 Å². The van der Waals surface area contributed by atoms with E-state index in [1.54, 1.807) is 0 Å². The number of rotatable bonds is 3. The number of hydrogen-bond donors (Lipinski definition) is 1. The van der Waals surface area contributed by atoms with Gasteiger partial charge in [0, 0.05) is 18.9 Å². The van der Waals surface area contributed by atoms with E-state index in [-0.39, 0.29) is 11.8 Å². The molecule has 13 heavy (non-hydrogen) atoms. The van der Waals surface area contributed by atoms with Crippen molar-refractivity contribution in [1.82, 2.24) is 5.32 Å². The minimum absolute atomic E-state index is 0.218. The van der Waals surface area contributed by atoms with Crippen LogP contribution in [0.4, 0.5) is 0 Å². The second-order valence-corrected chi connectivity index (χ2v) is 3.58. The Hall–Kier alpha value is -0.970. The van der Waals surface area contributed by atoms with Gasteiger partial charge in [0.1, 0.15) is 0 Å². The van der Waals surface area contributed by atoms with Crippen LogP contribution in [0.5, 0.6) is 0 Å². The molecule has 1 rings (SSSR count). The van der Waals surface area contributed by atoms with E-state index in [1.165, 1.54) is 6.42 Å². The first-order valence-electron chi connectivity index (χ1n) is 5.06. The molecular weight excluding hydrogens is 162 g/mol. The molecule has 1 unspecified atom stereocenters. The molecule has 72 valence electrons. The molecule has 1 aliphatic heterocycles. The fourth-order valence-electron chi connectivity index (χ4n) is 1.73. The molecule has 1 heterocycles. The average molecular weight is 179 g/mol. The highest BCUT2D eigenvalue weighted by atomic mass is 16.1. The lowest BCUT2D eigenvalue weighted by Gasteiger charge is -2.11. The van der Waals surface area contributed by atoms with Crippen molar-refractivity contribution >= 4 is 5.91 Å². The summed E-state index contributed by atoms with van der Waals surface area (Å²) in [6.07, 6.45) is 11.2. The fraction of sp³-hybridized carbons (Fsp3) is 0.727. The van der Waals surface area contributed by atoms with Crippen molar-refractivity contribution in [3.63, 3.8) is 0 Å². The van der Waals surface area contributed by atoms with Gasteiger partial charge in [0.2, 0.25) is 5.91 Å². The highest BCUT2D eigenvalue weighted by Gasteiger charge is 2.19. The third-order valence-electron chi connectivity index (χ3n) is 2.52. The number of amides is 1. The van der Waals surface area contributed by atoms with Crippen molar-refractivity contribution in [2.75, 3.05) is 6.54 Å². The highest BCUT2D eigenvalue weighted by Crippen LogP contribution is 2.18. The zero-order chi connectivity index (χ0) is 9.52. The maximum Gasteiger partial charge on any atom is 0.223 e. The predicted molar refractivity (Wildman–Crippen MR) is 53.0 cm³/mol. The zero-order valence-corrected chi connectivity index (χ0v) is 8.01. The van der Waals surface area contributed by atoms with Crippen molar-refractivity contribution in [3.05, 3.63) is 0 Å². The molecule has 0 bridgehead atoms. The van der Waals surface area contributed by atoms with Gasteiger partial charge in [0.15, 0.2) is 0 Å². The van der Waals surface area contributed by atoms with Gasteiger partial charge in [0.25, 0.3) is 0 Å². The largest absolute Gasteiger partial charge is 0.356 e. The van der Waals surface area contributed by atoms with E-state index in [0.29, 0.717) is 0 Å². The smallest absolute Gasteiger partial charge is 0.223 e. The lowest BCUT2D eigenvalue weighted by molar-refractivity contribution is -0.124. The van der Waals surface area contributed by atoms with Crippen LogP contribution in [-0.4, -0.2) is 12.5 Å². The van der Waals surface area contributed by atoms with Crippen molar-refractivity contribution in [2.24, 2.45) is 5.92 Å². The molecule has 1 fully saturated rings. The number of terminal acetylenes is 1. The maximum absolute atomic E-state index is 11.4. The molecule has 0 aromatic heterocycles. The molecule has 0 aliphatic carbocycles. The molecule has 0 aromatic carbocycles. The van der Waals surface area contributed by atoms with Crippen molar-refractivity contribution in [3.8, 4) is 12.3 Å². The van der Waals surface area contributed by atoms with E-state index < -0.39 is 0 Å². The average Bonchev–Trinajstić information content (AvgIpc) is 2.32. The summed E-state index contributed by atoms with van der Waals surface area (Å²) in [5.74, 6) is 3.06. The second kappa shape index (κ2) is 5.64. The van der Waals surface area contributed by atoms with Gasteiger partial charge >= 0.3 is 0 Å². The van der Waals surface area contributed by atoms with Crippen LogP contribution < -0.4 is 5.32 Å². The maximum atomic E-state index is 11.4. The van der Waals surface area contributed by atoms with E-state index in [9.17, 15) is 4.79 Å². The summed E-state index contributed by atoms with van der Waals surface area (Å²) < 4.78 is 0. The molecule has 1 saturated heterocycles. The fourth-order valence-corrected chi connectivity index (χ4v) is 1.73. The first kappa shape index (κ1) is 10.1. The number of carbonyl (C=O) groups excluding carboxylic acids is 1. The standard InChI is InChI=1S/C11H17NO/c1-2-3-4-7-10-8-5-6-9-12-11(10)13/h1,10H,3-9H2,(H,12,13). The van der Waals surface area contributed by atoms with Crippen molar-refractivity contribution < 1.29 is 4.79 Å². The van der Waals surface area contributed by atoms with E-state index in [4.69, 9.17) is 6.42 Å². The Balaban J connectivity index is 2.29. The Bertz CT molecular complexity index is 205. The van der Waals surface area contributed by atoms with Crippen LogP contribution in [0.25, 0.3) is 0 Å². The van der Waals surface area contributed by atoms with Crippen LogP contribution in [0.2, 0.25) is 0 Å². The molecular formula is C11H17NO. The topological polar surface area (TPSA) is 29.1 Å². The monoisotopic (exact) mass is 179 g/mol. The number of unbranched alkanes of at least 4 members (excludes halogenated alkanes) is 1. The molecule has 1 N–H and O–H groups in total. The summed E-state index contributed by atoms with van der Waals surface area (Å²) in [6, 6.07) is 0. The lowest BCUT2D eigenvalue weighted by Crippen LogP contribution is -2.28. The molecule has 0 radical (unpaired) electrons. The number of hydrogen-bond acceptors (Lipinski definition) is 1. The molecule has 0 saturated carbocycles. The minimum Gasteiger partial charge on any atom is -0.356 e. The Morgan fingerprint density at radius 1 is 1.54 bits per heavy atom. The first-order valence-corrected chi connectivity index (χ1v) is 5.06. The SMILES string of the molecule is C#CCCCC1CCCCNC1=O. The molecule has 1 aliphatic rings. The molecule has 2 nitrogen and oxygen atoms in total. The van der Waals surface area contributed by atoms with Gasteiger partial charge in [-0.1, -0.05) is 6.42 Å². The molecule has 0 aromatic rings. The van der Waals surface area contributed by atoms with E-state index in [1.807, 2.05) is 0 Å². The van der Waals surface area contributed by atoms with Gasteiger partial charge in [-0.2, -0.15) is 0 Å². The second-order valence-electron chi connectivity index (χ2n) is 3.58. The van der Waals surface area contributed by atoms with Crippen LogP contribution >= 0.6 is 0 Å². The Morgan fingerprint density at radius 3 is 3.15 bits per heavy atom. The molecule has 2 heteroatoms. The van der Waals surface area contributed by atoms with Gasteiger partial charge in [-0.3, -0.25) is 4.79 Å². The predicted octanol–water partition coefficient (Wildman–Crippen LogP) is 1.71. The summed E-state index contributed by atoms with van der Waals surface area (Å²) in [7, 11) is 0. The summed E-state index contributed by atoms with van der Waals surface area (Å²) in [6.45, 7) is 0.852. The van der Waals surface area contributed by atoms with Crippen molar-refractivity contribution in [1.29, 1.82) is 0 Å². The van der Waals surface area contributed by atoms with Gasteiger partial charge in [-0.05, 0) is 25.7 Å². The van der Waals surface area contributed by atoms with Crippen LogP contribution in [-0.2, 0) is 4.79 Å². The summed E-state index contributed by atoms with van der Waals surface area (Å²) in [5.41, 5.74) is 0. The normalized spacial score (nSPS) is 23.0. The molecule has 0 spiro atoms. The number of nitrogens with one attached hydrogen (secondary N) is 1. The summed E-state index contributed by atoms with van der Waals surface area (Å²) >= 11 is 0. The van der Waals surface area contributed by atoms with Crippen LogP contribution in [0, 0.1) is 18.3 Å². The molecule has 1 amide bonds. The quantitative estimate of drug-likeness (QED) is 0.518. The van der Waals surface area contributed by atoms with E-state index >= 15 is 0 Å². The highest BCUT2D eigenvalue weighted by molar-refractivity contribution is 5.78. The third-order valence-corrected chi connectivity index (χ3v) is 2.52. The van der Waals surface area contributed by atoms with Gasteiger partial charge in [-0.25, -0.2) is 0 Å². The van der Waals surface area contributed by atoms with Crippen LogP contribution in [0.3, 0.4) is 0 Å². The van der Waals surface area contributed by atoms with Gasteiger partial charge in [0.05, 0.1) is 0 Å². The molecule has 1 atom stereocenters. The number of carbonyl (C=O) groups is 1. The van der Waals surface area contributed by atoms with E-state index in [0.717, 1.165) is 38.6 Å². The van der Waals surface area contributed by atoms with Crippen LogP contribution in [0.1, 0.15) is 38.5 Å². The summed E-state index contributed by atoms with van der Waals surface area (Å²) in [4.78, 5) is 11.4. The Kier molecular flexibility index (Phi) is 4.39. The zero-order valence-electron chi connectivity index (χ0n) is 8.01. The van der Waals surface area contributed by atoms with E-state index in [2.05, 4.69) is 11.2 Å². The van der Waals surface area contributed by atoms with Crippen molar-refractivity contribution in [2.45, 2.75) is 38.5 Å². The Morgan fingerprint density at radius 2 is 2.38 bits per heavy atom. The van der Waals surface area contributed by atoms with Gasteiger partial charge < -0.3 is 5.32 Å². The lowest BCUT2D eigenvalue weighted by atomic mass is 9.96. The minimum atomic E-state index is 0.218. The van der Waals surface area contributed by atoms with Crippen LogP contribution in [0.15, 0.2) is 0 Å². The third kappa shape index (κ3) is 3.50.